The van der Waals surface area contributed by atoms with Crippen molar-refractivity contribution in [2.75, 3.05) is 0 Å². The van der Waals surface area contributed by atoms with Gasteiger partial charge in [0, 0.05) is 16.0 Å². The summed E-state index contributed by atoms with van der Waals surface area (Å²) in [6, 6.07) is 9.29. The molecule has 2 heterocycles. The first-order chi connectivity index (χ1) is 11.7. The van der Waals surface area contributed by atoms with Gasteiger partial charge in [0.1, 0.15) is 5.69 Å². The van der Waals surface area contributed by atoms with E-state index in [1.54, 1.807) is 6.07 Å². The molecule has 1 fully saturated rings. The Morgan fingerprint density at radius 1 is 1.29 bits per heavy atom. The molecule has 122 valence electrons. The zero-order chi connectivity index (χ0) is 16.5. The SMILES string of the molecule is O=C(OCc1nnc(C2CC2)o1)c1cc(-c2ccc(Br)cc2)n[nH]1. The normalized spacial score (nSPS) is 13.9. The zero-order valence-electron chi connectivity index (χ0n) is 12.5. The predicted molar refractivity (Wildman–Crippen MR) is 87.1 cm³/mol. The molecule has 0 aliphatic heterocycles. The van der Waals surface area contributed by atoms with E-state index in [1.165, 1.54) is 0 Å². The van der Waals surface area contributed by atoms with Crippen LogP contribution in [0.5, 0.6) is 0 Å². The summed E-state index contributed by atoms with van der Waals surface area (Å²) < 4.78 is 11.6. The molecule has 1 N–H and O–H groups in total. The highest BCUT2D eigenvalue weighted by Gasteiger charge is 2.29. The van der Waals surface area contributed by atoms with Gasteiger partial charge in [0.25, 0.3) is 5.89 Å². The van der Waals surface area contributed by atoms with Crippen LogP contribution in [0.25, 0.3) is 11.3 Å². The van der Waals surface area contributed by atoms with Crippen LogP contribution in [0.15, 0.2) is 39.2 Å². The third-order valence-electron chi connectivity index (χ3n) is 3.67. The van der Waals surface area contributed by atoms with Gasteiger partial charge in [-0.1, -0.05) is 28.1 Å². The van der Waals surface area contributed by atoms with Gasteiger partial charge < -0.3 is 9.15 Å². The highest BCUT2D eigenvalue weighted by molar-refractivity contribution is 9.10. The van der Waals surface area contributed by atoms with Crippen molar-refractivity contribution in [1.29, 1.82) is 0 Å². The fourth-order valence-corrected chi connectivity index (χ4v) is 2.48. The molecule has 1 aromatic carbocycles. The van der Waals surface area contributed by atoms with Crippen LogP contribution in [-0.2, 0) is 11.3 Å². The predicted octanol–water partition coefficient (Wildman–Crippen LogP) is 3.46. The van der Waals surface area contributed by atoms with Crippen molar-refractivity contribution in [3.63, 3.8) is 0 Å². The highest BCUT2D eigenvalue weighted by atomic mass is 79.9. The van der Waals surface area contributed by atoms with Crippen LogP contribution >= 0.6 is 15.9 Å². The number of halogens is 1. The van der Waals surface area contributed by atoms with Gasteiger partial charge in [-0.3, -0.25) is 5.10 Å². The Balaban J connectivity index is 1.39. The standard InChI is InChI=1S/C16H13BrN4O3/c17-11-5-3-9(4-6-11)12-7-13(19-18-12)16(22)23-8-14-20-21-15(24-14)10-1-2-10/h3-7,10H,1-2,8H2,(H,18,19). The summed E-state index contributed by atoms with van der Waals surface area (Å²) in [6.07, 6.45) is 2.16. The molecule has 0 radical (unpaired) electrons. The number of carbonyl (C=O) groups excluding carboxylic acids is 1. The summed E-state index contributed by atoms with van der Waals surface area (Å²) >= 11 is 3.38. The first-order valence-electron chi connectivity index (χ1n) is 7.50. The van der Waals surface area contributed by atoms with E-state index in [-0.39, 0.29) is 12.3 Å². The van der Waals surface area contributed by atoms with Crippen molar-refractivity contribution in [2.45, 2.75) is 25.4 Å². The maximum absolute atomic E-state index is 12.1. The largest absolute Gasteiger partial charge is 0.451 e. The molecule has 0 spiro atoms. The van der Waals surface area contributed by atoms with Crippen LogP contribution in [0.2, 0.25) is 0 Å². The second kappa shape index (κ2) is 6.20. The molecule has 3 aromatic rings. The number of nitrogens with zero attached hydrogens (tertiary/aromatic N) is 3. The highest BCUT2D eigenvalue weighted by Crippen LogP contribution is 2.39. The minimum absolute atomic E-state index is 0.0504. The lowest BCUT2D eigenvalue weighted by molar-refractivity contribution is 0.0429. The average Bonchev–Trinajstić information content (AvgIpc) is 3.13. The van der Waals surface area contributed by atoms with Crippen LogP contribution in [0, 0.1) is 0 Å². The van der Waals surface area contributed by atoms with E-state index in [2.05, 4.69) is 36.3 Å². The zero-order valence-corrected chi connectivity index (χ0v) is 14.1. The summed E-state index contributed by atoms with van der Waals surface area (Å²) in [7, 11) is 0. The van der Waals surface area contributed by atoms with Crippen molar-refractivity contribution in [2.24, 2.45) is 0 Å². The molecule has 8 heteroatoms. The number of rotatable bonds is 5. The van der Waals surface area contributed by atoms with E-state index in [0.717, 1.165) is 22.9 Å². The number of ether oxygens (including phenoxy) is 1. The third kappa shape index (κ3) is 3.23. The molecule has 0 amide bonds. The van der Waals surface area contributed by atoms with Gasteiger partial charge in [-0.15, -0.1) is 10.2 Å². The summed E-state index contributed by atoms with van der Waals surface area (Å²) in [5.41, 5.74) is 1.84. The molecule has 1 aliphatic carbocycles. The van der Waals surface area contributed by atoms with E-state index < -0.39 is 5.97 Å². The van der Waals surface area contributed by atoms with Crippen molar-refractivity contribution in [3.8, 4) is 11.3 Å². The number of nitrogens with one attached hydrogen (secondary N) is 1. The minimum atomic E-state index is -0.517. The average molecular weight is 389 g/mol. The topological polar surface area (TPSA) is 93.9 Å². The molecule has 4 rings (SSSR count). The minimum Gasteiger partial charge on any atom is -0.451 e. The van der Waals surface area contributed by atoms with Gasteiger partial charge in [0.2, 0.25) is 5.89 Å². The van der Waals surface area contributed by atoms with Crippen LogP contribution < -0.4 is 0 Å². The quantitative estimate of drug-likeness (QED) is 0.672. The van der Waals surface area contributed by atoms with Gasteiger partial charge in [-0.05, 0) is 31.0 Å². The molecule has 7 nitrogen and oxygen atoms in total. The molecule has 0 saturated heterocycles. The monoisotopic (exact) mass is 388 g/mol. The lowest BCUT2D eigenvalue weighted by atomic mass is 10.1. The molecular formula is C16H13BrN4O3. The lowest BCUT2D eigenvalue weighted by Gasteiger charge is -1.98. The van der Waals surface area contributed by atoms with E-state index >= 15 is 0 Å². The van der Waals surface area contributed by atoms with E-state index in [4.69, 9.17) is 9.15 Å². The van der Waals surface area contributed by atoms with Gasteiger partial charge in [0.15, 0.2) is 6.61 Å². The Kier molecular flexibility index (Phi) is 3.89. The second-order valence-electron chi connectivity index (χ2n) is 5.56. The Bertz CT molecular complexity index is 868. The summed E-state index contributed by atoms with van der Waals surface area (Å²) in [4.78, 5) is 12.1. The number of aromatic amines is 1. The molecule has 24 heavy (non-hydrogen) atoms. The number of hydrogen-bond donors (Lipinski definition) is 1. The Morgan fingerprint density at radius 2 is 2.08 bits per heavy atom. The molecular weight excluding hydrogens is 376 g/mol. The number of hydrogen-bond acceptors (Lipinski definition) is 6. The smallest absolute Gasteiger partial charge is 0.356 e. The summed E-state index contributed by atoms with van der Waals surface area (Å²) in [5.74, 6) is 0.790. The van der Waals surface area contributed by atoms with E-state index in [0.29, 0.717) is 23.4 Å². The Labute approximate surface area is 145 Å². The van der Waals surface area contributed by atoms with Crippen molar-refractivity contribution in [3.05, 3.63) is 52.3 Å². The van der Waals surface area contributed by atoms with Crippen molar-refractivity contribution < 1.29 is 13.9 Å². The van der Waals surface area contributed by atoms with E-state index in [1.807, 2.05) is 24.3 Å². The summed E-state index contributed by atoms with van der Waals surface area (Å²) in [6.45, 7) is -0.0504. The lowest BCUT2D eigenvalue weighted by Crippen LogP contribution is -2.05. The van der Waals surface area contributed by atoms with Crippen molar-refractivity contribution >= 4 is 21.9 Å². The number of aromatic nitrogens is 4. The molecule has 1 saturated carbocycles. The van der Waals surface area contributed by atoms with Gasteiger partial charge in [0.05, 0.1) is 5.69 Å². The van der Waals surface area contributed by atoms with Crippen LogP contribution in [0.3, 0.4) is 0 Å². The molecule has 2 aromatic heterocycles. The first-order valence-corrected chi connectivity index (χ1v) is 8.29. The number of benzene rings is 1. The molecule has 1 aliphatic rings. The number of carbonyl (C=O) groups is 1. The van der Waals surface area contributed by atoms with Crippen molar-refractivity contribution in [1.82, 2.24) is 20.4 Å². The maximum atomic E-state index is 12.1. The number of H-pyrrole nitrogens is 1. The molecule has 0 atom stereocenters. The van der Waals surface area contributed by atoms with Crippen LogP contribution in [0.4, 0.5) is 0 Å². The van der Waals surface area contributed by atoms with Crippen LogP contribution in [0.1, 0.15) is 41.0 Å². The fraction of sp³-hybridized carbons (Fsp3) is 0.250. The maximum Gasteiger partial charge on any atom is 0.356 e. The Hall–Kier alpha value is -2.48. The van der Waals surface area contributed by atoms with Gasteiger partial charge in [-0.2, -0.15) is 5.10 Å². The molecule has 0 bridgehead atoms. The fourth-order valence-electron chi connectivity index (χ4n) is 2.22. The van der Waals surface area contributed by atoms with Crippen LogP contribution in [-0.4, -0.2) is 26.4 Å². The Morgan fingerprint density at radius 3 is 2.83 bits per heavy atom. The third-order valence-corrected chi connectivity index (χ3v) is 4.20. The number of esters is 1. The first kappa shape index (κ1) is 15.1. The van der Waals surface area contributed by atoms with E-state index in [9.17, 15) is 4.79 Å². The van der Waals surface area contributed by atoms with Gasteiger partial charge in [-0.25, -0.2) is 4.79 Å². The molecule has 0 unspecified atom stereocenters. The second-order valence-corrected chi connectivity index (χ2v) is 6.47. The summed E-state index contributed by atoms with van der Waals surface area (Å²) in [5, 5.41) is 14.6. The van der Waals surface area contributed by atoms with Gasteiger partial charge >= 0.3 is 5.97 Å².